The molecule has 3 nitrogen and oxygen atoms in total. The van der Waals surface area contributed by atoms with E-state index in [1.165, 1.54) is 12.8 Å². The number of ether oxygens (including phenoxy) is 1. The van der Waals surface area contributed by atoms with Crippen molar-refractivity contribution in [3.05, 3.63) is 0 Å². The minimum atomic E-state index is 0.0180. The molecule has 0 aliphatic heterocycles. The highest BCUT2D eigenvalue weighted by molar-refractivity contribution is 5.72. The lowest BCUT2D eigenvalue weighted by atomic mass is 9.83. The van der Waals surface area contributed by atoms with Gasteiger partial charge in [-0.3, -0.25) is 4.79 Å². The molecule has 1 aliphatic carbocycles. The van der Waals surface area contributed by atoms with E-state index in [0.717, 1.165) is 25.2 Å². The largest absolute Gasteiger partial charge is 0.466 e. The van der Waals surface area contributed by atoms with Crippen LogP contribution in [0.15, 0.2) is 0 Å². The van der Waals surface area contributed by atoms with Crippen molar-refractivity contribution in [1.82, 2.24) is 0 Å². The molecular weight excluding hydrogens is 204 g/mol. The number of esters is 1. The predicted octanol–water partition coefficient (Wildman–Crippen LogP) is 2.76. The van der Waals surface area contributed by atoms with E-state index in [9.17, 15) is 4.79 Å². The Labute approximate surface area is 99.2 Å². The van der Waals surface area contributed by atoms with E-state index in [0.29, 0.717) is 13.2 Å². The summed E-state index contributed by atoms with van der Waals surface area (Å²) in [6.07, 6.45) is 5.30. The molecule has 0 aromatic carbocycles. The summed E-state index contributed by atoms with van der Waals surface area (Å²) in [6, 6.07) is 0. The quantitative estimate of drug-likeness (QED) is 0.758. The maximum atomic E-state index is 11.3. The van der Waals surface area contributed by atoms with E-state index in [4.69, 9.17) is 9.84 Å². The molecule has 0 aromatic rings. The molecule has 1 N–H and O–H groups in total. The zero-order chi connectivity index (χ0) is 12.4. The number of aliphatic hydroxyl groups is 1. The highest BCUT2D eigenvalue weighted by Gasteiger charge is 2.24. The van der Waals surface area contributed by atoms with Gasteiger partial charge in [-0.2, -0.15) is 0 Å². The zero-order valence-corrected chi connectivity index (χ0v) is 10.9. The van der Waals surface area contributed by atoms with Crippen LogP contribution in [0.1, 0.15) is 52.9 Å². The first-order valence-electron chi connectivity index (χ1n) is 6.43. The highest BCUT2D eigenvalue weighted by Crippen LogP contribution is 2.28. The van der Waals surface area contributed by atoms with Crippen LogP contribution >= 0.6 is 0 Å². The summed E-state index contributed by atoms with van der Waals surface area (Å²) in [6.45, 7) is 6.88. The van der Waals surface area contributed by atoms with E-state index in [-0.39, 0.29) is 11.9 Å². The van der Waals surface area contributed by atoms with Gasteiger partial charge >= 0.3 is 5.97 Å². The van der Waals surface area contributed by atoms with Gasteiger partial charge in [-0.05, 0) is 44.9 Å². The third kappa shape index (κ3) is 6.83. The number of hydrogen-bond donors (Lipinski definition) is 1. The molecule has 0 aromatic heterocycles. The minimum Gasteiger partial charge on any atom is -0.466 e. The van der Waals surface area contributed by atoms with E-state index >= 15 is 0 Å². The van der Waals surface area contributed by atoms with Gasteiger partial charge in [-0.1, -0.05) is 13.8 Å². The average Bonchev–Trinajstić information content (AvgIpc) is 2.30. The van der Waals surface area contributed by atoms with Crippen molar-refractivity contribution in [3.63, 3.8) is 0 Å². The molecule has 0 saturated heterocycles. The second kappa shape index (κ2) is 9.64. The maximum absolute atomic E-state index is 11.3. The summed E-state index contributed by atoms with van der Waals surface area (Å²) < 4.78 is 4.98. The molecule has 0 radical (unpaired) electrons. The molecule has 1 fully saturated rings. The molecule has 16 heavy (non-hydrogen) atoms. The lowest BCUT2D eigenvalue weighted by Crippen LogP contribution is -2.22. The molecule has 0 unspecified atom stereocenters. The molecule has 0 amide bonds. The molecule has 0 spiro atoms. The van der Waals surface area contributed by atoms with Crippen LogP contribution < -0.4 is 0 Å². The fourth-order valence-corrected chi connectivity index (χ4v) is 1.76. The molecule has 1 rings (SSSR count). The summed E-state index contributed by atoms with van der Waals surface area (Å²) in [5.41, 5.74) is 0. The molecule has 1 aliphatic rings. The summed E-state index contributed by atoms with van der Waals surface area (Å²) in [7, 11) is 0. The first-order valence-corrected chi connectivity index (χ1v) is 6.43. The number of carbonyl (C=O) groups excluding carboxylic acids is 1. The molecule has 3 heteroatoms. The van der Waals surface area contributed by atoms with Crippen molar-refractivity contribution >= 4 is 5.97 Å². The molecular formula is C13H26O3. The van der Waals surface area contributed by atoms with Crippen molar-refractivity contribution in [2.75, 3.05) is 13.2 Å². The van der Waals surface area contributed by atoms with Crippen LogP contribution in [0.2, 0.25) is 0 Å². The molecule has 0 heterocycles. The van der Waals surface area contributed by atoms with Crippen molar-refractivity contribution in [2.45, 2.75) is 52.9 Å². The molecule has 96 valence electrons. The van der Waals surface area contributed by atoms with Gasteiger partial charge in [0.1, 0.15) is 0 Å². The monoisotopic (exact) mass is 230 g/mol. The van der Waals surface area contributed by atoms with Crippen LogP contribution in [0.25, 0.3) is 0 Å². The highest BCUT2D eigenvalue weighted by atomic mass is 16.5. The Morgan fingerprint density at radius 2 is 1.75 bits per heavy atom. The number of hydrogen-bond acceptors (Lipinski definition) is 3. The smallest absolute Gasteiger partial charge is 0.308 e. The van der Waals surface area contributed by atoms with Crippen LogP contribution in [0, 0.1) is 11.8 Å². The fourth-order valence-electron chi connectivity index (χ4n) is 1.76. The van der Waals surface area contributed by atoms with E-state index in [1.807, 2.05) is 13.8 Å². The van der Waals surface area contributed by atoms with Crippen molar-refractivity contribution in [2.24, 2.45) is 11.8 Å². The first kappa shape index (κ1) is 15.4. The third-order valence-electron chi connectivity index (χ3n) is 2.86. The lowest BCUT2D eigenvalue weighted by Gasteiger charge is -2.24. The number of aliphatic hydroxyl groups excluding tert-OH is 1. The van der Waals surface area contributed by atoms with E-state index in [2.05, 4.69) is 6.92 Å². The SMILES string of the molecule is CCCO.CCOC(=O)C1CCC(C)CC1. The molecule has 0 bridgehead atoms. The standard InChI is InChI=1S/C10H18O2.C3H8O/c1-3-12-10(11)9-6-4-8(2)5-7-9;1-2-3-4/h8-9H,3-7H2,1-2H3;4H,2-3H2,1H3. The molecule has 1 saturated carbocycles. The van der Waals surface area contributed by atoms with Crippen LogP contribution in [-0.2, 0) is 9.53 Å². The zero-order valence-electron chi connectivity index (χ0n) is 10.9. The Bertz CT molecular complexity index is 170. The van der Waals surface area contributed by atoms with Gasteiger partial charge in [-0.15, -0.1) is 0 Å². The summed E-state index contributed by atoms with van der Waals surface area (Å²) in [5.74, 6) is 1.02. The predicted molar refractivity (Wildman–Crippen MR) is 65.1 cm³/mol. The van der Waals surface area contributed by atoms with Crippen molar-refractivity contribution < 1.29 is 14.6 Å². The second-order valence-corrected chi connectivity index (χ2v) is 4.43. The van der Waals surface area contributed by atoms with E-state index < -0.39 is 0 Å². The number of carbonyl (C=O) groups is 1. The maximum Gasteiger partial charge on any atom is 0.308 e. The van der Waals surface area contributed by atoms with Gasteiger partial charge in [0.05, 0.1) is 12.5 Å². The van der Waals surface area contributed by atoms with Crippen LogP contribution in [0.3, 0.4) is 0 Å². The fraction of sp³-hybridized carbons (Fsp3) is 0.923. The Hall–Kier alpha value is -0.570. The lowest BCUT2D eigenvalue weighted by molar-refractivity contribution is -0.149. The number of rotatable bonds is 3. The summed E-state index contributed by atoms with van der Waals surface area (Å²) in [4.78, 5) is 11.3. The Kier molecular flexibility index (Phi) is 9.30. The van der Waals surface area contributed by atoms with Gasteiger partial charge in [0.2, 0.25) is 0 Å². The Balaban J connectivity index is 0.000000487. The second-order valence-electron chi connectivity index (χ2n) is 4.43. The van der Waals surface area contributed by atoms with Crippen LogP contribution in [0.4, 0.5) is 0 Å². The first-order chi connectivity index (χ1) is 7.65. The third-order valence-corrected chi connectivity index (χ3v) is 2.86. The molecule has 0 atom stereocenters. The van der Waals surface area contributed by atoms with Gasteiger partial charge in [-0.25, -0.2) is 0 Å². The Morgan fingerprint density at radius 1 is 1.25 bits per heavy atom. The van der Waals surface area contributed by atoms with Crippen LogP contribution in [0.5, 0.6) is 0 Å². The average molecular weight is 230 g/mol. The van der Waals surface area contributed by atoms with E-state index in [1.54, 1.807) is 0 Å². The normalized spacial score (nSPS) is 24.2. The Morgan fingerprint density at radius 3 is 2.12 bits per heavy atom. The summed E-state index contributed by atoms with van der Waals surface area (Å²) >= 11 is 0. The van der Waals surface area contributed by atoms with Crippen LogP contribution in [-0.4, -0.2) is 24.3 Å². The van der Waals surface area contributed by atoms with Gasteiger partial charge in [0.25, 0.3) is 0 Å². The van der Waals surface area contributed by atoms with Crippen molar-refractivity contribution in [3.8, 4) is 0 Å². The van der Waals surface area contributed by atoms with Gasteiger partial charge in [0.15, 0.2) is 0 Å². The minimum absolute atomic E-state index is 0.0180. The topological polar surface area (TPSA) is 46.5 Å². The van der Waals surface area contributed by atoms with Gasteiger partial charge in [0, 0.05) is 6.61 Å². The van der Waals surface area contributed by atoms with Crippen molar-refractivity contribution in [1.29, 1.82) is 0 Å². The van der Waals surface area contributed by atoms with Gasteiger partial charge < -0.3 is 9.84 Å². The summed E-state index contributed by atoms with van der Waals surface area (Å²) in [5, 5.41) is 7.88.